The van der Waals surface area contributed by atoms with Crippen LogP contribution >= 0.6 is 0 Å². The fourth-order valence-corrected chi connectivity index (χ4v) is 2.56. The first-order chi connectivity index (χ1) is 10.2. The van der Waals surface area contributed by atoms with Gasteiger partial charge in [-0.15, -0.1) is 0 Å². The number of fused-ring (bicyclic) bond motifs is 1. The molecule has 3 nitrogen and oxygen atoms in total. The van der Waals surface area contributed by atoms with E-state index in [0.717, 1.165) is 22.4 Å². The standard InChI is InChI=1S/C18H18N2O/c1-13(2)18-19-15-10-6-7-11-16(15)20(18)12-17(21)14-8-4-3-5-9-14/h3-11,13H,12H2,1-2H3. The minimum Gasteiger partial charge on any atom is -0.320 e. The van der Waals surface area contributed by atoms with Crippen LogP contribution in [0.15, 0.2) is 54.6 Å². The molecule has 2 aromatic carbocycles. The Labute approximate surface area is 124 Å². The van der Waals surface area contributed by atoms with E-state index in [-0.39, 0.29) is 11.7 Å². The van der Waals surface area contributed by atoms with Gasteiger partial charge in [0, 0.05) is 11.5 Å². The van der Waals surface area contributed by atoms with Crippen LogP contribution in [-0.2, 0) is 6.54 Å². The smallest absolute Gasteiger partial charge is 0.182 e. The Morgan fingerprint density at radius 3 is 2.43 bits per heavy atom. The first-order valence-electron chi connectivity index (χ1n) is 7.20. The summed E-state index contributed by atoms with van der Waals surface area (Å²) in [6, 6.07) is 17.4. The summed E-state index contributed by atoms with van der Waals surface area (Å²) in [5, 5.41) is 0. The van der Waals surface area contributed by atoms with Crippen LogP contribution in [0.3, 0.4) is 0 Å². The molecule has 0 radical (unpaired) electrons. The lowest BCUT2D eigenvalue weighted by molar-refractivity contribution is 0.0972. The number of hydrogen-bond acceptors (Lipinski definition) is 2. The number of para-hydroxylation sites is 2. The molecule has 0 aliphatic heterocycles. The second kappa shape index (κ2) is 5.52. The number of nitrogens with zero attached hydrogens (tertiary/aromatic N) is 2. The summed E-state index contributed by atoms with van der Waals surface area (Å²) in [5.74, 6) is 1.35. The van der Waals surface area contributed by atoms with E-state index in [4.69, 9.17) is 0 Å². The monoisotopic (exact) mass is 278 g/mol. The Kier molecular flexibility index (Phi) is 3.57. The van der Waals surface area contributed by atoms with Crippen LogP contribution in [0.4, 0.5) is 0 Å². The fourth-order valence-electron chi connectivity index (χ4n) is 2.56. The molecule has 0 saturated carbocycles. The van der Waals surface area contributed by atoms with Gasteiger partial charge in [-0.05, 0) is 12.1 Å². The highest BCUT2D eigenvalue weighted by Gasteiger charge is 2.16. The Bertz CT molecular complexity index is 772. The predicted molar refractivity (Wildman–Crippen MR) is 84.6 cm³/mol. The highest BCUT2D eigenvalue weighted by atomic mass is 16.1. The molecule has 3 rings (SSSR count). The zero-order valence-corrected chi connectivity index (χ0v) is 12.3. The van der Waals surface area contributed by atoms with E-state index in [1.807, 2.05) is 59.2 Å². The lowest BCUT2D eigenvalue weighted by atomic mass is 10.1. The van der Waals surface area contributed by atoms with Gasteiger partial charge >= 0.3 is 0 Å². The third-order valence-electron chi connectivity index (χ3n) is 3.60. The molecule has 3 heteroatoms. The number of carbonyl (C=O) groups is 1. The van der Waals surface area contributed by atoms with Crippen molar-refractivity contribution in [3.05, 3.63) is 66.0 Å². The minimum atomic E-state index is 0.112. The van der Waals surface area contributed by atoms with Crippen LogP contribution in [0.5, 0.6) is 0 Å². The van der Waals surface area contributed by atoms with Crippen molar-refractivity contribution in [3.8, 4) is 0 Å². The van der Waals surface area contributed by atoms with Crippen molar-refractivity contribution < 1.29 is 4.79 Å². The third kappa shape index (κ3) is 2.59. The summed E-state index contributed by atoms with van der Waals surface area (Å²) in [5.41, 5.74) is 2.71. The molecule has 0 fully saturated rings. The number of ketones is 1. The van der Waals surface area contributed by atoms with Gasteiger partial charge in [-0.1, -0.05) is 56.3 Å². The lowest BCUT2D eigenvalue weighted by Crippen LogP contribution is -2.13. The van der Waals surface area contributed by atoms with Crippen LogP contribution in [-0.4, -0.2) is 15.3 Å². The Morgan fingerprint density at radius 1 is 1.05 bits per heavy atom. The second-order valence-corrected chi connectivity index (χ2v) is 5.49. The number of Topliss-reactive ketones (excluding diaryl/α,β-unsaturated/α-hetero) is 1. The van der Waals surface area contributed by atoms with E-state index < -0.39 is 0 Å². The normalized spacial score (nSPS) is 11.2. The van der Waals surface area contributed by atoms with Crippen molar-refractivity contribution in [2.24, 2.45) is 0 Å². The zero-order chi connectivity index (χ0) is 14.8. The largest absolute Gasteiger partial charge is 0.320 e. The highest BCUT2D eigenvalue weighted by Crippen LogP contribution is 2.22. The molecule has 0 saturated heterocycles. The maximum Gasteiger partial charge on any atom is 0.182 e. The second-order valence-electron chi connectivity index (χ2n) is 5.49. The van der Waals surface area contributed by atoms with Crippen molar-refractivity contribution in [1.82, 2.24) is 9.55 Å². The quantitative estimate of drug-likeness (QED) is 0.675. The topological polar surface area (TPSA) is 34.9 Å². The van der Waals surface area contributed by atoms with Crippen molar-refractivity contribution in [2.75, 3.05) is 0 Å². The maximum absolute atomic E-state index is 12.5. The van der Waals surface area contributed by atoms with Crippen LogP contribution in [0.1, 0.15) is 35.9 Å². The molecule has 0 N–H and O–H groups in total. The molecule has 21 heavy (non-hydrogen) atoms. The summed E-state index contributed by atoms with van der Waals surface area (Å²) in [7, 11) is 0. The lowest BCUT2D eigenvalue weighted by Gasteiger charge is -2.10. The Hall–Kier alpha value is -2.42. The molecule has 3 aromatic rings. The molecule has 1 heterocycles. The highest BCUT2D eigenvalue weighted by molar-refractivity contribution is 5.96. The molecular formula is C18H18N2O. The first kappa shape index (κ1) is 13.6. The number of rotatable bonds is 4. The Balaban J connectivity index is 2.03. The third-order valence-corrected chi connectivity index (χ3v) is 3.60. The van der Waals surface area contributed by atoms with E-state index in [1.54, 1.807) is 0 Å². The summed E-state index contributed by atoms with van der Waals surface area (Å²) >= 11 is 0. The van der Waals surface area contributed by atoms with Gasteiger partial charge < -0.3 is 4.57 Å². The van der Waals surface area contributed by atoms with E-state index in [1.165, 1.54) is 0 Å². The van der Waals surface area contributed by atoms with Crippen LogP contribution in [0, 0.1) is 0 Å². The summed E-state index contributed by atoms with van der Waals surface area (Å²) < 4.78 is 2.04. The van der Waals surface area contributed by atoms with E-state index in [9.17, 15) is 4.79 Å². The predicted octanol–water partition coefficient (Wildman–Crippen LogP) is 4.04. The zero-order valence-electron chi connectivity index (χ0n) is 12.3. The van der Waals surface area contributed by atoms with Crippen LogP contribution in [0.2, 0.25) is 0 Å². The number of benzene rings is 2. The molecule has 106 valence electrons. The number of hydrogen-bond donors (Lipinski definition) is 0. The molecule has 0 aliphatic carbocycles. The van der Waals surface area contributed by atoms with E-state index >= 15 is 0 Å². The van der Waals surface area contributed by atoms with Gasteiger partial charge in [-0.25, -0.2) is 4.98 Å². The SMILES string of the molecule is CC(C)c1nc2ccccc2n1CC(=O)c1ccccc1. The van der Waals surface area contributed by atoms with Crippen molar-refractivity contribution >= 4 is 16.8 Å². The average molecular weight is 278 g/mol. The number of carbonyl (C=O) groups excluding carboxylic acids is 1. The average Bonchev–Trinajstić information content (AvgIpc) is 2.87. The van der Waals surface area contributed by atoms with E-state index in [0.29, 0.717) is 6.54 Å². The fraction of sp³-hybridized carbons (Fsp3) is 0.222. The summed E-state index contributed by atoms with van der Waals surface area (Å²) in [6.07, 6.45) is 0. The molecule has 0 bridgehead atoms. The van der Waals surface area contributed by atoms with Gasteiger partial charge in [0.05, 0.1) is 17.6 Å². The molecular weight excluding hydrogens is 260 g/mol. The molecule has 0 aliphatic rings. The number of aromatic nitrogens is 2. The number of imidazole rings is 1. The van der Waals surface area contributed by atoms with Crippen molar-refractivity contribution in [1.29, 1.82) is 0 Å². The molecule has 0 atom stereocenters. The van der Waals surface area contributed by atoms with Crippen LogP contribution in [0.25, 0.3) is 11.0 Å². The van der Waals surface area contributed by atoms with Gasteiger partial charge in [0.15, 0.2) is 5.78 Å². The molecule has 1 aromatic heterocycles. The molecule has 0 unspecified atom stereocenters. The van der Waals surface area contributed by atoms with Gasteiger partial charge in [-0.2, -0.15) is 0 Å². The molecule has 0 amide bonds. The van der Waals surface area contributed by atoms with Gasteiger partial charge in [0.25, 0.3) is 0 Å². The van der Waals surface area contributed by atoms with Gasteiger partial charge in [0.1, 0.15) is 5.82 Å². The van der Waals surface area contributed by atoms with Crippen molar-refractivity contribution in [3.63, 3.8) is 0 Å². The summed E-state index contributed by atoms with van der Waals surface area (Å²) in [6.45, 7) is 4.54. The Morgan fingerprint density at radius 2 is 1.71 bits per heavy atom. The van der Waals surface area contributed by atoms with Gasteiger partial charge in [-0.3, -0.25) is 4.79 Å². The molecule has 0 spiro atoms. The van der Waals surface area contributed by atoms with Crippen molar-refractivity contribution in [2.45, 2.75) is 26.3 Å². The van der Waals surface area contributed by atoms with Crippen LogP contribution < -0.4 is 0 Å². The minimum absolute atomic E-state index is 0.112. The van der Waals surface area contributed by atoms with Gasteiger partial charge in [0.2, 0.25) is 0 Å². The maximum atomic E-state index is 12.5. The van der Waals surface area contributed by atoms with E-state index in [2.05, 4.69) is 18.8 Å². The summed E-state index contributed by atoms with van der Waals surface area (Å²) in [4.78, 5) is 17.2. The first-order valence-corrected chi connectivity index (χ1v) is 7.20.